The van der Waals surface area contributed by atoms with Crippen molar-refractivity contribution in [1.82, 2.24) is 5.32 Å². The maximum absolute atomic E-state index is 6.30. The molecule has 0 saturated heterocycles. The normalized spacial score (nSPS) is 13.3. The minimum atomic E-state index is -0.227. The highest BCUT2D eigenvalue weighted by atomic mass is 16.6. The molecule has 1 N–H and O–H groups in total. The summed E-state index contributed by atoms with van der Waals surface area (Å²) in [6.07, 6.45) is -0.340. The fraction of sp³-hybridized carbons (Fsp3) is 0.368. The van der Waals surface area contributed by atoms with Gasteiger partial charge in [0.25, 0.3) is 0 Å². The summed E-state index contributed by atoms with van der Waals surface area (Å²) in [5.74, 6) is 1.47. The van der Waals surface area contributed by atoms with Gasteiger partial charge in [-0.3, -0.25) is 0 Å². The van der Waals surface area contributed by atoms with Crippen molar-refractivity contribution >= 4 is 0 Å². The predicted molar refractivity (Wildman–Crippen MR) is 92.1 cm³/mol. The molecule has 0 spiro atoms. The van der Waals surface area contributed by atoms with E-state index in [1.165, 1.54) is 0 Å². The van der Waals surface area contributed by atoms with Gasteiger partial charge < -0.3 is 19.5 Å². The van der Waals surface area contributed by atoms with E-state index in [1.807, 2.05) is 56.4 Å². The fourth-order valence-corrected chi connectivity index (χ4v) is 2.48. The second kappa shape index (κ2) is 9.18. The van der Waals surface area contributed by atoms with E-state index in [2.05, 4.69) is 17.4 Å². The number of hydrogen-bond donors (Lipinski definition) is 1. The average molecular weight is 315 g/mol. The molecule has 0 aliphatic rings. The number of likely N-dealkylation sites (N-methyl/N-ethyl adjacent to an activating group) is 1. The van der Waals surface area contributed by atoms with Crippen LogP contribution in [0.3, 0.4) is 0 Å². The molecule has 4 heteroatoms. The number of rotatable bonds is 9. The lowest BCUT2D eigenvalue weighted by atomic mass is 10.0. The molecule has 0 heterocycles. The van der Waals surface area contributed by atoms with Crippen LogP contribution in [0.2, 0.25) is 0 Å². The van der Waals surface area contributed by atoms with E-state index in [1.54, 1.807) is 7.11 Å². The summed E-state index contributed by atoms with van der Waals surface area (Å²) in [5, 5.41) is 3.16. The Bertz CT molecular complexity index is 574. The van der Waals surface area contributed by atoms with E-state index < -0.39 is 0 Å². The molecule has 0 amide bonds. The Labute approximate surface area is 138 Å². The van der Waals surface area contributed by atoms with E-state index in [4.69, 9.17) is 14.2 Å². The SMILES string of the molecule is CCOc1ccccc1OC(c1ccccc1)C(CNC)OC. The predicted octanol–water partition coefficient (Wildman–Crippen LogP) is 3.44. The first-order valence-corrected chi connectivity index (χ1v) is 7.91. The van der Waals surface area contributed by atoms with Gasteiger partial charge in [0.2, 0.25) is 0 Å². The molecule has 2 aromatic rings. The van der Waals surface area contributed by atoms with Gasteiger partial charge >= 0.3 is 0 Å². The number of ether oxygens (including phenoxy) is 3. The van der Waals surface area contributed by atoms with Gasteiger partial charge in [-0.25, -0.2) is 0 Å². The van der Waals surface area contributed by atoms with Crippen molar-refractivity contribution in [2.24, 2.45) is 0 Å². The lowest BCUT2D eigenvalue weighted by molar-refractivity contribution is 0.00138. The van der Waals surface area contributed by atoms with Crippen LogP contribution in [0.25, 0.3) is 0 Å². The Morgan fingerprint density at radius 3 is 2.22 bits per heavy atom. The van der Waals surface area contributed by atoms with Gasteiger partial charge in [-0.15, -0.1) is 0 Å². The highest BCUT2D eigenvalue weighted by Crippen LogP contribution is 2.33. The zero-order valence-corrected chi connectivity index (χ0v) is 14.0. The Morgan fingerprint density at radius 2 is 1.61 bits per heavy atom. The smallest absolute Gasteiger partial charge is 0.162 e. The summed E-state index contributed by atoms with van der Waals surface area (Å²) in [6.45, 7) is 3.25. The molecule has 2 atom stereocenters. The molecule has 0 aliphatic carbocycles. The summed E-state index contributed by atoms with van der Waals surface area (Å²) in [5.41, 5.74) is 1.07. The Balaban J connectivity index is 2.31. The van der Waals surface area contributed by atoms with Crippen molar-refractivity contribution in [3.63, 3.8) is 0 Å². The molecule has 0 bridgehead atoms. The van der Waals surface area contributed by atoms with Gasteiger partial charge in [-0.2, -0.15) is 0 Å². The van der Waals surface area contributed by atoms with Gasteiger partial charge in [0, 0.05) is 13.7 Å². The third-order valence-electron chi connectivity index (χ3n) is 3.58. The number of hydrogen-bond acceptors (Lipinski definition) is 4. The summed E-state index contributed by atoms with van der Waals surface area (Å²) in [4.78, 5) is 0. The molecule has 23 heavy (non-hydrogen) atoms. The van der Waals surface area contributed by atoms with Gasteiger partial charge in [-0.1, -0.05) is 42.5 Å². The molecule has 0 saturated carbocycles. The van der Waals surface area contributed by atoms with Crippen LogP contribution in [-0.4, -0.2) is 33.4 Å². The summed E-state index contributed by atoms with van der Waals surface area (Å²) < 4.78 is 17.6. The van der Waals surface area contributed by atoms with Crippen LogP contribution in [0, 0.1) is 0 Å². The monoisotopic (exact) mass is 315 g/mol. The molecule has 2 aromatic carbocycles. The van der Waals surface area contributed by atoms with E-state index in [-0.39, 0.29) is 12.2 Å². The van der Waals surface area contributed by atoms with Crippen LogP contribution in [0.15, 0.2) is 54.6 Å². The highest BCUT2D eigenvalue weighted by Gasteiger charge is 2.25. The fourth-order valence-electron chi connectivity index (χ4n) is 2.48. The Hall–Kier alpha value is -2.04. The minimum Gasteiger partial charge on any atom is -0.490 e. The lowest BCUT2D eigenvalue weighted by Gasteiger charge is -2.28. The van der Waals surface area contributed by atoms with Crippen LogP contribution in [-0.2, 0) is 4.74 Å². The quantitative estimate of drug-likeness (QED) is 0.769. The summed E-state index contributed by atoms with van der Waals surface area (Å²) in [7, 11) is 3.61. The van der Waals surface area contributed by atoms with Gasteiger partial charge in [0.1, 0.15) is 6.10 Å². The number of nitrogens with one attached hydrogen (secondary N) is 1. The lowest BCUT2D eigenvalue weighted by Crippen LogP contribution is -2.34. The maximum atomic E-state index is 6.30. The molecule has 2 rings (SSSR count). The van der Waals surface area contributed by atoms with Crippen LogP contribution in [0.5, 0.6) is 11.5 Å². The van der Waals surface area contributed by atoms with Gasteiger partial charge in [0.15, 0.2) is 17.6 Å². The van der Waals surface area contributed by atoms with Crippen LogP contribution in [0.4, 0.5) is 0 Å². The largest absolute Gasteiger partial charge is 0.490 e. The van der Waals surface area contributed by atoms with Crippen LogP contribution in [0.1, 0.15) is 18.6 Å². The molecule has 2 unspecified atom stereocenters. The first-order valence-electron chi connectivity index (χ1n) is 7.91. The number of methoxy groups -OCH3 is 1. The first-order chi connectivity index (χ1) is 11.3. The Kier molecular flexibility index (Phi) is 6.91. The topological polar surface area (TPSA) is 39.7 Å². The highest BCUT2D eigenvalue weighted by molar-refractivity contribution is 5.40. The van der Waals surface area contributed by atoms with Crippen molar-refractivity contribution in [1.29, 1.82) is 0 Å². The molecule has 124 valence electrons. The molecule has 0 aliphatic heterocycles. The van der Waals surface area contributed by atoms with E-state index in [0.29, 0.717) is 13.2 Å². The molecular formula is C19H25NO3. The molecule has 4 nitrogen and oxygen atoms in total. The third-order valence-corrected chi connectivity index (χ3v) is 3.58. The minimum absolute atomic E-state index is 0.114. The zero-order chi connectivity index (χ0) is 16.5. The van der Waals surface area contributed by atoms with E-state index >= 15 is 0 Å². The summed E-state index contributed by atoms with van der Waals surface area (Å²) >= 11 is 0. The number of para-hydroxylation sites is 2. The van der Waals surface area contributed by atoms with Gasteiger partial charge in [-0.05, 0) is 31.7 Å². The standard InChI is InChI=1S/C19H25NO3/c1-4-22-16-12-8-9-13-17(16)23-19(18(21-3)14-20-2)15-10-6-5-7-11-15/h5-13,18-20H,4,14H2,1-3H3. The average Bonchev–Trinajstić information content (AvgIpc) is 2.60. The van der Waals surface area contributed by atoms with Crippen molar-refractivity contribution in [2.45, 2.75) is 19.1 Å². The van der Waals surface area contributed by atoms with Crippen molar-refractivity contribution in [3.8, 4) is 11.5 Å². The zero-order valence-electron chi connectivity index (χ0n) is 14.0. The molecular weight excluding hydrogens is 290 g/mol. The van der Waals surface area contributed by atoms with E-state index in [9.17, 15) is 0 Å². The van der Waals surface area contributed by atoms with Crippen LogP contribution >= 0.6 is 0 Å². The molecule has 0 fully saturated rings. The van der Waals surface area contributed by atoms with Crippen molar-refractivity contribution in [3.05, 3.63) is 60.2 Å². The van der Waals surface area contributed by atoms with Crippen LogP contribution < -0.4 is 14.8 Å². The maximum Gasteiger partial charge on any atom is 0.162 e. The second-order valence-corrected chi connectivity index (χ2v) is 5.16. The molecule has 0 aromatic heterocycles. The Morgan fingerprint density at radius 1 is 0.957 bits per heavy atom. The summed E-state index contributed by atoms with van der Waals surface area (Å²) in [6, 6.07) is 17.8. The number of benzene rings is 2. The van der Waals surface area contributed by atoms with E-state index in [0.717, 1.165) is 17.1 Å². The van der Waals surface area contributed by atoms with Crippen molar-refractivity contribution < 1.29 is 14.2 Å². The second-order valence-electron chi connectivity index (χ2n) is 5.16. The van der Waals surface area contributed by atoms with Gasteiger partial charge in [0.05, 0.1) is 6.61 Å². The first kappa shape index (κ1) is 17.3. The molecule has 0 radical (unpaired) electrons. The third kappa shape index (κ3) is 4.71. The van der Waals surface area contributed by atoms with Crippen molar-refractivity contribution in [2.75, 3.05) is 27.3 Å².